The van der Waals surface area contributed by atoms with E-state index in [1.165, 1.54) is 16.0 Å². The summed E-state index contributed by atoms with van der Waals surface area (Å²) in [7, 11) is 0. The molecule has 3 heterocycles. The maximum Gasteiger partial charge on any atom is 0.407 e. The van der Waals surface area contributed by atoms with Crippen molar-refractivity contribution in [2.45, 2.75) is 52.2 Å². The second-order valence-electron chi connectivity index (χ2n) is 7.66. The number of hydrogen-bond acceptors (Lipinski definition) is 4. The third-order valence-electron chi connectivity index (χ3n) is 5.79. The zero-order valence-electron chi connectivity index (χ0n) is 16.4. The standard InChI is InChI=1S/C21H28N4O2/c1-16-6-4-10-22-18(16)14-25(15-19-17(2)7-5-11-23-19)21(3)8-12-24(13-9-21)20(26)27/h4-7,10-11H,8-9,12-15H2,1-3H3,(H,26,27). The van der Waals surface area contributed by atoms with Crippen LogP contribution in [-0.2, 0) is 13.1 Å². The smallest absolute Gasteiger partial charge is 0.407 e. The summed E-state index contributed by atoms with van der Waals surface area (Å²) >= 11 is 0. The molecule has 1 N–H and O–H groups in total. The zero-order chi connectivity index (χ0) is 19.4. The van der Waals surface area contributed by atoms with Gasteiger partial charge in [-0.1, -0.05) is 12.1 Å². The highest BCUT2D eigenvalue weighted by Gasteiger charge is 2.37. The Morgan fingerprint density at radius 1 is 1.07 bits per heavy atom. The van der Waals surface area contributed by atoms with Gasteiger partial charge < -0.3 is 10.0 Å². The molecule has 1 aliphatic rings. The molecule has 0 aliphatic carbocycles. The molecule has 0 spiro atoms. The van der Waals surface area contributed by atoms with Crippen LogP contribution in [0, 0.1) is 13.8 Å². The summed E-state index contributed by atoms with van der Waals surface area (Å²) < 4.78 is 0. The van der Waals surface area contributed by atoms with Crippen molar-refractivity contribution in [2.24, 2.45) is 0 Å². The van der Waals surface area contributed by atoms with Crippen molar-refractivity contribution in [3.8, 4) is 0 Å². The van der Waals surface area contributed by atoms with Crippen molar-refractivity contribution in [3.63, 3.8) is 0 Å². The summed E-state index contributed by atoms with van der Waals surface area (Å²) in [5, 5.41) is 9.28. The van der Waals surface area contributed by atoms with Crippen LogP contribution in [0.2, 0.25) is 0 Å². The predicted octanol–water partition coefficient (Wildman–Crippen LogP) is 3.63. The minimum atomic E-state index is -0.829. The van der Waals surface area contributed by atoms with Gasteiger partial charge in [0.15, 0.2) is 0 Å². The number of carbonyl (C=O) groups is 1. The lowest BCUT2D eigenvalue weighted by Gasteiger charge is -2.46. The largest absolute Gasteiger partial charge is 0.465 e. The Bertz CT molecular complexity index is 753. The van der Waals surface area contributed by atoms with Crippen molar-refractivity contribution < 1.29 is 9.90 Å². The molecule has 6 nitrogen and oxygen atoms in total. The van der Waals surface area contributed by atoms with Crippen molar-refractivity contribution >= 4 is 6.09 Å². The molecule has 1 aliphatic heterocycles. The molecule has 0 aromatic carbocycles. The first kappa shape index (κ1) is 19.3. The Kier molecular flexibility index (Phi) is 5.75. The number of amides is 1. The first-order valence-corrected chi connectivity index (χ1v) is 9.43. The summed E-state index contributed by atoms with van der Waals surface area (Å²) in [6.45, 7) is 8.99. The normalized spacial score (nSPS) is 16.5. The second-order valence-corrected chi connectivity index (χ2v) is 7.66. The van der Waals surface area contributed by atoms with Gasteiger partial charge in [-0.3, -0.25) is 14.9 Å². The fraction of sp³-hybridized carbons (Fsp3) is 0.476. The third kappa shape index (κ3) is 4.45. The van der Waals surface area contributed by atoms with E-state index >= 15 is 0 Å². The van der Waals surface area contributed by atoms with Crippen molar-refractivity contribution in [1.82, 2.24) is 19.8 Å². The van der Waals surface area contributed by atoms with E-state index in [-0.39, 0.29) is 5.54 Å². The molecule has 0 bridgehead atoms. The Morgan fingerprint density at radius 3 is 1.96 bits per heavy atom. The van der Waals surface area contributed by atoms with Crippen LogP contribution in [0.4, 0.5) is 4.79 Å². The van der Waals surface area contributed by atoms with E-state index in [1.54, 1.807) is 0 Å². The summed E-state index contributed by atoms with van der Waals surface area (Å²) in [4.78, 5) is 24.4. The fourth-order valence-electron chi connectivity index (χ4n) is 3.66. The summed E-state index contributed by atoms with van der Waals surface area (Å²) in [6, 6.07) is 8.09. The molecule has 6 heteroatoms. The fourth-order valence-corrected chi connectivity index (χ4v) is 3.66. The quantitative estimate of drug-likeness (QED) is 0.873. The van der Waals surface area contributed by atoms with E-state index < -0.39 is 6.09 Å². The topological polar surface area (TPSA) is 69.6 Å². The maximum absolute atomic E-state index is 11.3. The van der Waals surface area contributed by atoms with Crippen LogP contribution >= 0.6 is 0 Å². The highest BCUT2D eigenvalue weighted by Crippen LogP contribution is 2.32. The predicted molar refractivity (Wildman–Crippen MR) is 104 cm³/mol. The molecule has 27 heavy (non-hydrogen) atoms. The van der Waals surface area contributed by atoms with Gasteiger partial charge in [-0.15, -0.1) is 0 Å². The minimum Gasteiger partial charge on any atom is -0.465 e. The molecule has 2 aromatic heterocycles. The number of pyridine rings is 2. The SMILES string of the molecule is Cc1cccnc1CN(Cc1ncccc1C)C1(C)CCN(C(=O)O)CC1. The Labute approximate surface area is 160 Å². The number of carboxylic acid groups (broad SMARTS) is 1. The number of rotatable bonds is 5. The van der Waals surface area contributed by atoms with Gasteiger partial charge in [0.1, 0.15) is 0 Å². The number of hydrogen-bond donors (Lipinski definition) is 1. The average Bonchev–Trinajstić information content (AvgIpc) is 2.65. The Morgan fingerprint density at radius 2 is 1.56 bits per heavy atom. The summed E-state index contributed by atoms with van der Waals surface area (Å²) in [6.07, 6.45) is 4.45. The Hall–Kier alpha value is -2.47. The number of aromatic nitrogens is 2. The van der Waals surface area contributed by atoms with Crippen molar-refractivity contribution in [1.29, 1.82) is 0 Å². The lowest BCUT2D eigenvalue weighted by molar-refractivity contribution is 0.0223. The lowest BCUT2D eigenvalue weighted by Crippen LogP contribution is -2.54. The van der Waals surface area contributed by atoms with Crippen LogP contribution in [0.25, 0.3) is 0 Å². The van der Waals surface area contributed by atoms with Crippen LogP contribution in [0.1, 0.15) is 42.3 Å². The molecule has 0 atom stereocenters. The van der Waals surface area contributed by atoms with Crippen molar-refractivity contribution in [2.75, 3.05) is 13.1 Å². The Balaban J connectivity index is 1.86. The van der Waals surface area contributed by atoms with E-state index in [0.29, 0.717) is 13.1 Å². The second kappa shape index (κ2) is 8.05. The van der Waals surface area contributed by atoms with Gasteiger partial charge in [-0.25, -0.2) is 4.79 Å². The number of piperidine rings is 1. The molecule has 3 rings (SSSR count). The molecule has 144 valence electrons. The zero-order valence-corrected chi connectivity index (χ0v) is 16.4. The maximum atomic E-state index is 11.3. The number of nitrogens with zero attached hydrogens (tertiary/aromatic N) is 4. The number of likely N-dealkylation sites (tertiary alicyclic amines) is 1. The van der Waals surface area contributed by atoms with E-state index in [9.17, 15) is 9.90 Å². The van der Waals surface area contributed by atoms with Gasteiger partial charge >= 0.3 is 6.09 Å². The molecule has 1 fully saturated rings. The van der Waals surface area contributed by atoms with Gasteiger partial charge in [0.2, 0.25) is 0 Å². The first-order chi connectivity index (χ1) is 12.9. The van der Waals surface area contributed by atoms with E-state index in [4.69, 9.17) is 0 Å². The highest BCUT2D eigenvalue weighted by molar-refractivity contribution is 5.65. The lowest BCUT2D eigenvalue weighted by atomic mass is 9.87. The van der Waals surface area contributed by atoms with Gasteiger partial charge in [0.25, 0.3) is 0 Å². The molecule has 2 aromatic rings. The monoisotopic (exact) mass is 368 g/mol. The van der Waals surface area contributed by atoms with E-state index in [2.05, 4.69) is 47.8 Å². The molecule has 0 saturated carbocycles. The van der Waals surface area contributed by atoms with Gasteiger partial charge in [0.05, 0.1) is 11.4 Å². The van der Waals surface area contributed by atoms with Gasteiger partial charge in [0, 0.05) is 44.1 Å². The van der Waals surface area contributed by atoms with Gasteiger partial charge in [-0.2, -0.15) is 0 Å². The average molecular weight is 368 g/mol. The molecular weight excluding hydrogens is 340 g/mol. The van der Waals surface area contributed by atoms with Crippen molar-refractivity contribution in [3.05, 3.63) is 59.2 Å². The van der Waals surface area contributed by atoms with Gasteiger partial charge in [-0.05, 0) is 56.9 Å². The molecule has 0 unspecified atom stereocenters. The molecule has 1 amide bonds. The molecule has 1 saturated heterocycles. The number of aryl methyl sites for hydroxylation is 2. The van der Waals surface area contributed by atoms with E-state index in [0.717, 1.165) is 37.3 Å². The van der Waals surface area contributed by atoms with E-state index in [1.807, 2.05) is 24.5 Å². The first-order valence-electron chi connectivity index (χ1n) is 9.43. The minimum absolute atomic E-state index is 0.0973. The van der Waals surface area contributed by atoms with Crippen LogP contribution < -0.4 is 0 Å². The van der Waals surface area contributed by atoms with Crippen LogP contribution in [0.15, 0.2) is 36.7 Å². The third-order valence-corrected chi connectivity index (χ3v) is 5.79. The summed E-state index contributed by atoms with van der Waals surface area (Å²) in [5.41, 5.74) is 4.37. The van der Waals surface area contributed by atoms with Crippen LogP contribution in [0.3, 0.4) is 0 Å². The van der Waals surface area contributed by atoms with Crippen LogP contribution in [-0.4, -0.2) is 49.6 Å². The summed E-state index contributed by atoms with van der Waals surface area (Å²) in [5.74, 6) is 0. The molecule has 0 radical (unpaired) electrons. The highest BCUT2D eigenvalue weighted by atomic mass is 16.4. The van der Waals surface area contributed by atoms with Crippen LogP contribution in [0.5, 0.6) is 0 Å². The molecular formula is C21H28N4O2.